The maximum absolute atomic E-state index is 12.0. The lowest BCUT2D eigenvalue weighted by Gasteiger charge is -2.36. The van der Waals surface area contributed by atoms with E-state index < -0.39 is 0 Å². The molecule has 24 heavy (non-hydrogen) atoms. The molecule has 9 heteroatoms. The fraction of sp³-hybridized carbons (Fsp3) is 0.600. The summed E-state index contributed by atoms with van der Waals surface area (Å²) in [5.74, 6) is 2.33. The normalized spacial score (nSPS) is 17.8. The largest absolute Gasteiger partial charge is 0.360 e. The van der Waals surface area contributed by atoms with Crippen molar-refractivity contribution in [1.29, 1.82) is 0 Å². The van der Waals surface area contributed by atoms with Crippen LogP contribution in [-0.2, 0) is 4.79 Å². The zero-order valence-electron chi connectivity index (χ0n) is 14.2. The monoisotopic (exact) mass is 334 g/mol. The average Bonchev–Trinajstić information content (AvgIpc) is 3.16. The third-order valence-corrected chi connectivity index (χ3v) is 4.12. The SMILES string of the molecule is Cc1noc([C@H](C)N2CCN(CC(=O)Nc3cc(C)on3)CC2)n1. The van der Waals surface area contributed by atoms with E-state index in [1.165, 1.54) is 0 Å². The second kappa shape index (κ2) is 7.10. The summed E-state index contributed by atoms with van der Waals surface area (Å²) in [5, 5.41) is 10.3. The second-order valence-corrected chi connectivity index (χ2v) is 6.04. The molecule has 1 saturated heterocycles. The van der Waals surface area contributed by atoms with Crippen molar-refractivity contribution in [2.75, 3.05) is 38.0 Å². The van der Waals surface area contributed by atoms with Gasteiger partial charge in [-0.3, -0.25) is 14.6 Å². The number of nitrogens with zero attached hydrogens (tertiary/aromatic N) is 5. The van der Waals surface area contributed by atoms with E-state index in [9.17, 15) is 4.79 Å². The zero-order chi connectivity index (χ0) is 17.1. The van der Waals surface area contributed by atoms with E-state index in [1.54, 1.807) is 13.0 Å². The van der Waals surface area contributed by atoms with Gasteiger partial charge in [0.05, 0.1) is 12.6 Å². The Labute approximate surface area is 140 Å². The Kier molecular flexibility index (Phi) is 4.91. The van der Waals surface area contributed by atoms with Gasteiger partial charge < -0.3 is 14.4 Å². The summed E-state index contributed by atoms with van der Waals surface area (Å²) in [4.78, 5) is 20.7. The number of carbonyl (C=O) groups excluding carboxylic acids is 1. The molecule has 9 nitrogen and oxygen atoms in total. The minimum atomic E-state index is -0.0858. The molecule has 130 valence electrons. The molecule has 0 aliphatic carbocycles. The van der Waals surface area contributed by atoms with Crippen molar-refractivity contribution in [1.82, 2.24) is 25.1 Å². The summed E-state index contributed by atoms with van der Waals surface area (Å²) < 4.78 is 10.2. The molecule has 3 rings (SSSR count). The molecule has 3 heterocycles. The van der Waals surface area contributed by atoms with Gasteiger partial charge in [0.25, 0.3) is 0 Å². The molecule has 1 aliphatic heterocycles. The number of nitrogens with one attached hydrogen (secondary N) is 1. The fourth-order valence-electron chi connectivity index (χ4n) is 2.76. The molecule has 1 fully saturated rings. The van der Waals surface area contributed by atoms with E-state index in [4.69, 9.17) is 9.05 Å². The average molecular weight is 334 g/mol. The maximum Gasteiger partial charge on any atom is 0.243 e. The van der Waals surface area contributed by atoms with Crippen LogP contribution in [0.2, 0.25) is 0 Å². The molecular weight excluding hydrogens is 312 g/mol. The van der Waals surface area contributed by atoms with Crippen molar-refractivity contribution in [3.05, 3.63) is 23.5 Å². The van der Waals surface area contributed by atoms with Gasteiger partial charge in [-0.1, -0.05) is 10.3 Å². The first-order valence-corrected chi connectivity index (χ1v) is 8.01. The van der Waals surface area contributed by atoms with Crippen molar-refractivity contribution in [3.8, 4) is 0 Å². The first-order valence-electron chi connectivity index (χ1n) is 8.01. The minimum absolute atomic E-state index is 0.0836. The van der Waals surface area contributed by atoms with E-state index in [0.717, 1.165) is 26.2 Å². The number of hydrogen-bond acceptors (Lipinski definition) is 8. The van der Waals surface area contributed by atoms with Gasteiger partial charge in [0.15, 0.2) is 11.6 Å². The van der Waals surface area contributed by atoms with Crippen molar-refractivity contribution in [2.24, 2.45) is 0 Å². The fourth-order valence-corrected chi connectivity index (χ4v) is 2.76. The highest BCUT2D eigenvalue weighted by atomic mass is 16.5. The number of anilines is 1. The molecule has 0 radical (unpaired) electrons. The summed E-state index contributed by atoms with van der Waals surface area (Å²) in [5.41, 5.74) is 0. The Balaban J connectivity index is 1.45. The molecule has 2 aromatic rings. The van der Waals surface area contributed by atoms with Crippen molar-refractivity contribution >= 4 is 11.7 Å². The van der Waals surface area contributed by atoms with Crippen LogP contribution in [-0.4, -0.2) is 63.7 Å². The van der Waals surface area contributed by atoms with Crippen LogP contribution < -0.4 is 5.32 Å². The quantitative estimate of drug-likeness (QED) is 0.864. The third-order valence-electron chi connectivity index (χ3n) is 4.12. The number of aryl methyl sites for hydroxylation is 2. The van der Waals surface area contributed by atoms with E-state index in [2.05, 4.69) is 37.3 Å². The number of rotatable bonds is 5. The maximum atomic E-state index is 12.0. The predicted molar refractivity (Wildman–Crippen MR) is 85.3 cm³/mol. The Morgan fingerprint density at radius 3 is 2.58 bits per heavy atom. The first kappa shape index (κ1) is 16.6. The van der Waals surface area contributed by atoms with Gasteiger partial charge in [-0.2, -0.15) is 4.98 Å². The lowest BCUT2D eigenvalue weighted by Crippen LogP contribution is -2.49. The van der Waals surface area contributed by atoms with Gasteiger partial charge in [0.2, 0.25) is 11.8 Å². The lowest BCUT2D eigenvalue weighted by molar-refractivity contribution is -0.117. The van der Waals surface area contributed by atoms with Crippen LogP contribution in [0.25, 0.3) is 0 Å². The molecule has 0 saturated carbocycles. The van der Waals surface area contributed by atoms with Crippen LogP contribution in [0.1, 0.15) is 30.4 Å². The van der Waals surface area contributed by atoms with Crippen LogP contribution in [0.15, 0.2) is 15.1 Å². The number of carbonyl (C=O) groups is 1. The van der Waals surface area contributed by atoms with Crippen molar-refractivity contribution < 1.29 is 13.8 Å². The van der Waals surface area contributed by atoms with Crippen LogP contribution in [0.4, 0.5) is 5.82 Å². The molecule has 0 bridgehead atoms. The van der Waals surface area contributed by atoms with Crippen LogP contribution in [0.3, 0.4) is 0 Å². The van der Waals surface area contributed by atoms with Gasteiger partial charge in [-0.05, 0) is 20.8 Å². The van der Waals surface area contributed by atoms with Crippen molar-refractivity contribution in [3.63, 3.8) is 0 Å². The highest BCUT2D eigenvalue weighted by molar-refractivity contribution is 5.91. The smallest absolute Gasteiger partial charge is 0.243 e. The van der Waals surface area contributed by atoms with Gasteiger partial charge in [0, 0.05) is 32.2 Å². The van der Waals surface area contributed by atoms with Gasteiger partial charge >= 0.3 is 0 Å². The van der Waals surface area contributed by atoms with Crippen LogP contribution >= 0.6 is 0 Å². The molecule has 1 aliphatic rings. The minimum Gasteiger partial charge on any atom is -0.360 e. The van der Waals surface area contributed by atoms with E-state index in [1.807, 2.05) is 6.92 Å². The Morgan fingerprint density at radius 2 is 2.00 bits per heavy atom. The summed E-state index contributed by atoms with van der Waals surface area (Å²) in [6.45, 7) is 9.31. The summed E-state index contributed by atoms with van der Waals surface area (Å²) in [7, 11) is 0. The Bertz CT molecular complexity index is 689. The number of piperazine rings is 1. The molecule has 0 aromatic carbocycles. The third kappa shape index (κ3) is 3.98. The standard InChI is InChI=1S/C15H22N6O3/c1-10-8-13(19-23-10)17-14(22)9-20-4-6-21(7-5-20)11(2)15-16-12(3)18-24-15/h8,11H,4-7,9H2,1-3H3,(H,17,19,22)/t11-/m0/s1. The first-order chi connectivity index (χ1) is 11.5. The molecule has 1 N–H and O–H groups in total. The van der Waals surface area contributed by atoms with Crippen LogP contribution in [0, 0.1) is 13.8 Å². The van der Waals surface area contributed by atoms with Crippen molar-refractivity contribution in [2.45, 2.75) is 26.8 Å². The molecule has 2 aromatic heterocycles. The van der Waals surface area contributed by atoms with Gasteiger partial charge in [-0.15, -0.1) is 0 Å². The highest BCUT2D eigenvalue weighted by Gasteiger charge is 2.26. The van der Waals surface area contributed by atoms with Gasteiger partial charge in [0.1, 0.15) is 5.76 Å². The Morgan fingerprint density at radius 1 is 1.25 bits per heavy atom. The molecule has 0 unspecified atom stereocenters. The van der Waals surface area contributed by atoms with Crippen LogP contribution in [0.5, 0.6) is 0 Å². The predicted octanol–water partition coefficient (Wildman–Crippen LogP) is 0.992. The summed E-state index contributed by atoms with van der Waals surface area (Å²) in [6.07, 6.45) is 0. The van der Waals surface area contributed by atoms with E-state index in [-0.39, 0.29) is 11.9 Å². The topological polar surface area (TPSA) is 101 Å². The van der Waals surface area contributed by atoms with Gasteiger partial charge in [-0.25, -0.2) is 0 Å². The second-order valence-electron chi connectivity index (χ2n) is 6.04. The molecule has 1 atom stereocenters. The molecular formula is C15H22N6O3. The summed E-state index contributed by atoms with van der Waals surface area (Å²) >= 11 is 0. The number of amides is 1. The highest BCUT2D eigenvalue weighted by Crippen LogP contribution is 2.19. The number of aromatic nitrogens is 3. The lowest BCUT2D eigenvalue weighted by atomic mass is 10.2. The number of hydrogen-bond donors (Lipinski definition) is 1. The molecule has 0 spiro atoms. The Hall–Kier alpha value is -2.26. The summed E-state index contributed by atoms with van der Waals surface area (Å²) in [6, 6.07) is 1.78. The van der Waals surface area contributed by atoms with E-state index >= 15 is 0 Å². The van der Waals surface area contributed by atoms with E-state index in [0.29, 0.717) is 29.8 Å². The zero-order valence-corrected chi connectivity index (χ0v) is 14.2. The molecule has 1 amide bonds.